The van der Waals surface area contributed by atoms with Crippen LogP contribution in [0.3, 0.4) is 0 Å². The summed E-state index contributed by atoms with van der Waals surface area (Å²) in [6.45, 7) is 0. The average Bonchev–Trinajstić information content (AvgIpc) is 2.44. The normalized spacial score (nSPS) is 14.2. The van der Waals surface area contributed by atoms with Gasteiger partial charge in [0.1, 0.15) is 6.10 Å². The van der Waals surface area contributed by atoms with E-state index in [4.69, 9.17) is 0 Å². The summed E-state index contributed by atoms with van der Waals surface area (Å²) in [6, 6.07) is 8.79. The molecule has 0 spiro atoms. The number of pyridine rings is 1. The van der Waals surface area contributed by atoms with Crippen LogP contribution in [-0.4, -0.2) is 34.4 Å². The standard InChI is InChI=1S/C13H13NO4/c1-18-13(17)12(16)11(15)9-6-2-4-8-5-3-7-14-10(8)9/h2-7,11-12,15-16H,1H3. The van der Waals surface area contributed by atoms with E-state index in [0.717, 1.165) is 12.5 Å². The zero-order valence-electron chi connectivity index (χ0n) is 9.78. The monoisotopic (exact) mass is 247 g/mol. The second-order valence-electron chi connectivity index (χ2n) is 3.84. The SMILES string of the molecule is COC(=O)C(O)C(O)c1cccc2cccnc12. The number of carbonyl (C=O) groups is 1. The van der Waals surface area contributed by atoms with Crippen LogP contribution in [0.4, 0.5) is 0 Å². The van der Waals surface area contributed by atoms with E-state index in [0.29, 0.717) is 11.1 Å². The van der Waals surface area contributed by atoms with Crippen LogP contribution >= 0.6 is 0 Å². The molecule has 94 valence electrons. The van der Waals surface area contributed by atoms with E-state index in [-0.39, 0.29) is 0 Å². The first-order valence-corrected chi connectivity index (χ1v) is 5.42. The molecule has 0 aliphatic rings. The van der Waals surface area contributed by atoms with Crippen molar-refractivity contribution < 1.29 is 19.7 Å². The highest BCUT2D eigenvalue weighted by atomic mass is 16.5. The molecule has 5 heteroatoms. The first-order valence-electron chi connectivity index (χ1n) is 5.42. The molecule has 0 fully saturated rings. The molecule has 2 N–H and O–H groups in total. The molecule has 0 bridgehead atoms. The fourth-order valence-electron chi connectivity index (χ4n) is 1.79. The lowest BCUT2D eigenvalue weighted by atomic mass is 10.0. The Balaban J connectivity index is 2.44. The number of hydrogen-bond donors (Lipinski definition) is 2. The van der Waals surface area contributed by atoms with E-state index in [1.54, 1.807) is 24.4 Å². The number of rotatable bonds is 3. The third-order valence-corrected chi connectivity index (χ3v) is 2.72. The Bertz CT molecular complexity index is 564. The van der Waals surface area contributed by atoms with Crippen LogP contribution < -0.4 is 0 Å². The fourth-order valence-corrected chi connectivity index (χ4v) is 1.79. The number of esters is 1. The summed E-state index contributed by atoms with van der Waals surface area (Å²) < 4.78 is 4.40. The van der Waals surface area contributed by atoms with Crippen molar-refractivity contribution in [1.29, 1.82) is 0 Å². The van der Waals surface area contributed by atoms with Gasteiger partial charge < -0.3 is 14.9 Å². The van der Waals surface area contributed by atoms with Gasteiger partial charge in [0.15, 0.2) is 6.10 Å². The zero-order valence-corrected chi connectivity index (χ0v) is 9.78. The minimum Gasteiger partial charge on any atom is -0.467 e. The predicted molar refractivity (Wildman–Crippen MR) is 64.7 cm³/mol. The topological polar surface area (TPSA) is 79.7 Å². The van der Waals surface area contributed by atoms with Crippen LogP contribution in [0.2, 0.25) is 0 Å². The predicted octanol–water partition coefficient (Wildman–Crippen LogP) is 0.802. The summed E-state index contributed by atoms with van der Waals surface area (Å²) in [5.41, 5.74) is 0.946. The van der Waals surface area contributed by atoms with Crippen molar-refractivity contribution in [2.24, 2.45) is 0 Å². The number of carbonyl (C=O) groups excluding carboxylic acids is 1. The summed E-state index contributed by atoms with van der Waals surface area (Å²) in [5.74, 6) is -0.879. The molecule has 0 radical (unpaired) electrons. The molecule has 0 amide bonds. The Hall–Kier alpha value is -1.98. The van der Waals surface area contributed by atoms with Gasteiger partial charge in [-0.25, -0.2) is 4.79 Å². The van der Waals surface area contributed by atoms with Gasteiger partial charge in [-0.15, -0.1) is 0 Å². The van der Waals surface area contributed by atoms with E-state index >= 15 is 0 Å². The Morgan fingerprint density at radius 3 is 2.72 bits per heavy atom. The molecular weight excluding hydrogens is 234 g/mol. The summed E-state index contributed by atoms with van der Waals surface area (Å²) in [7, 11) is 1.15. The Morgan fingerprint density at radius 1 is 1.28 bits per heavy atom. The van der Waals surface area contributed by atoms with Crippen molar-refractivity contribution >= 4 is 16.9 Å². The molecule has 2 atom stereocenters. The lowest BCUT2D eigenvalue weighted by molar-refractivity contribution is -0.156. The van der Waals surface area contributed by atoms with Crippen molar-refractivity contribution in [2.45, 2.75) is 12.2 Å². The maximum atomic E-state index is 11.2. The number of aliphatic hydroxyl groups is 2. The van der Waals surface area contributed by atoms with E-state index in [1.807, 2.05) is 12.1 Å². The summed E-state index contributed by atoms with van der Waals surface area (Å²) in [5, 5.41) is 20.5. The van der Waals surface area contributed by atoms with Gasteiger partial charge in [-0.05, 0) is 6.07 Å². The maximum absolute atomic E-state index is 11.2. The second kappa shape index (κ2) is 5.12. The summed E-state index contributed by atoms with van der Waals surface area (Å²) in [6.07, 6.45) is -1.40. The molecule has 2 aromatic rings. The first kappa shape index (κ1) is 12.5. The van der Waals surface area contributed by atoms with Crippen molar-refractivity contribution in [3.63, 3.8) is 0 Å². The van der Waals surface area contributed by atoms with Gasteiger partial charge in [-0.1, -0.05) is 24.3 Å². The van der Waals surface area contributed by atoms with Gasteiger partial charge in [0, 0.05) is 17.1 Å². The zero-order chi connectivity index (χ0) is 13.1. The van der Waals surface area contributed by atoms with Crippen LogP contribution in [0.15, 0.2) is 36.5 Å². The van der Waals surface area contributed by atoms with Crippen molar-refractivity contribution in [3.8, 4) is 0 Å². The summed E-state index contributed by atoms with van der Waals surface area (Å²) in [4.78, 5) is 15.4. The Labute approximate surface area is 104 Å². The molecule has 2 unspecified atom stereocenters. The number of aliphatic hydroxyl groups excluding tert-OH is 2. The molecule has 1 aromatic heterocycles. The van der Waals surface area contributed by atoms with Crippen molar-refractivity contribution in [2.75, 3.05) is 7.11 Å². The Morgan fingerprint density at radius 2 is 2.00 bits per heavy atom. The molecule has 0 saturated heterocycles. The van der Waals surface area contributed by atoms with Crippen LogP contribution in [0.1, 0.15) is 11.7 Å². The van der Waals surface area contributed by atoms with Crippen LogP contribution in [-0.2, 0) is 9.53 Å². The van der Waals surface area contributed by atoms with Crippen molar-refractivity contribution in [1.82, 2.24) is 4.98 Å². The second-order valence-corrected chi connectivity index (χ2v) is 3.84. The number of aromatic nitrogens is 1. The minimum atomic E-state index is -1.62. The molecule has 2 rings (SSSR count). The minimum absolute atomic E-state index is 0.394. The number of fused-ring (bicyclic) bond motifs is 1. The molecule has 5 nitrogen and oxygen atoms in total. The number of ether oxygens (including phenoxy) is 1. The van der Waals surface area contributed by atoms with E-state index in [2.05, 4.69) is 9.72 Å². The lowest BCUT2D eigenvalue weighted by Gasteiger charge is -2.17. The molecule has 0 aliphatic heterocycles. The molecule has 0 aliphatic carbocycles. The van der Waals surface area contributed by atoms with E-state index < -0.39 is 18.2 Å². The average molecular weight is 247 g/mol. The highest BCUT2D eigenvalue weighted by Gasteiger charge is 2.27. The number of methoxy groups -OCH3 is 1. The quantitative estimate of drug-likeness (QED) is 0.784. The van der Waals surface area contributed by atoms with Gasteiger partial charge in [-0.3, -0.25) is 4.98 Å². The highest BCUT2D eigenvalue weighted by molar-refractivity contribution is 5.83. The van der Waals surface area contributed by atoms with Crippen LogP contribution in [0, 0.1) is 0 Å². The maximum Gasteiger partial charge on any atom is 0.337 e. The van der Waals surface area contributed by atoms with Gasteiger partial charge in [-0.2, -0.15) is 0 Å². The Kier molecular flexibility index (Phi) is 3.55. The third-order valence-electron chi connectivity index (χ3n) is 2.72. The molecule has 18 heavy (non-hydrogen) atoms. The molecular formula is C13H13NO4. The van der Waals surface area contributed by atoms with Gasteiger partial charge in [0.25, 0.3) is 0 Å². The van der Waals surface area contributed by atoms with E-state index in [9.17, 15) is 15.0 Å². The summed E-state index contributed by atoms with van der Waals surface area (Å²) >= 11 is 0. The molecule has 1 heterocycles. The smallest absolute Gasteiger partial charge is 0.337 e. The van der Waals surface area contributed by atoms with Crippen molar-refractivity contribution in [3.05, 3.63) is 42.1 Å². The molecule has 1 aromatic carbocycles. The lowest BCUT2D eigenvalue weighted by Crippen LogP contribution is -2.29. The fraction of sp³-hybridized carbons (Fsp3) is 0.231. The number of para-hydroxylation sites is 1. The third kappa shape index (κ3) is 2.18. The van der Waals surface area contributed by atoms with Crippen LogP contribution in [0.5, 0.6) is 0 Å². The molecule has 0 saturated carbocycles. The van der Waals surface area contributed by atoms with Gasteiger partial charge in [0.05, 0.1) is 12.6 Å². The largest absolute Gasteiger partial charge is 0.467 e. The number of hydrogen-bond acceptors (Lipinski definition) is 5. The highest BCUT2D eigenvalue weighted by Crippen LogP contribution is 2.25. The van der Waals surface area contributed by atoms with E-state index in [1.165, 1.54) is 0 Å². The number of nitrogens with zero attached hydrogens (tertiary/aromatic N) is 1. The number of benzene rings is 1. The van der Waals surface area contributed by atoms with Gasteiger partial charge >= 0.3 is 5.97 Å². The first-order chi connectivity index (χ1) is 8.65. The van der Waals surface area contributed by atoms with Gasteiger partial charge in [0.2, 0.25) is 0 Å². The van der Waals surface area contributed by atoms with Crippen LogP contribution in [0.25, 0.3) is 10.9 Å².